The number of aryl methyl sites for hydroxylation is 8. The summed E-state index contributed by atoms with van der Waals surface area (Å²) in [6.07, 6.45) is 0. The molecule has 56 heavy (non-hydrogen) atoms. The molecule has 0 N–H and O–H groups in total. The van der Waals surface area contributed by atoms with Crippen molar-refractivity contribution in [3.63, 3.8) is 0 Å². The predicted molar refractivity (Wildman–Crippen MR) is 232 cm³/mol. The molecule has 0 aliphatic carbocycles. The molecule has 0 bridgehead atoms. The van der Waals surface area contributed by atoms with Crippen molar-refractivity contribution in [2.45, 2.75) is 55.4 Å². The van der Waals surface area contributed by atoms with Gasteiger partial charge in [0.05, 0.1) is 28.4 Å². The molecule has 0 aromatic heterocycles. The van der Waals surface area contributed by atoms with Crippen LogP contribution in [0.2, 0.25) is 0 Å². The van der Waals surface area contributed by atoms with E-state index < -0.39 is 0 Å². The lowest BCUT2D eigenvalue weighted by Crippen LogP contribution is -1.98. The summed E-state index contributed by atoms with van der Waals surface area (Å²) in [6, 6.07) is 29.6. The molecule has 0 radical (unpaired) electrons. The van der Waals surface area contributed by atoms with Gasteiger partial charge in [-0.3, -0.25) is 0 Å². The number of rotatable bonds is 8. The Kier molecular flexibility index (Phi) is 11.6. The van der Waals surface area contributed by atoms with E-state index in [1.165, 1.54) is 0 Å². The zero-order chi connectivity index (χ0) is 40.3. The summed E-state index contributed by atoms with van der Waals surface area (Å²) in [5, 5.41) is 0. The van der Waals surface area contributed by atoms with Crippen molar-refractivity contribution in [1.82, 2.24) is 0 Å². The Hall–Kier alpha value is -6.36. The van der Waals surface area contributed by atoms with Gasteiger partial charge in [0.15, 0.2) is 0 Å². The number of methoxy groups -OCH3 is 4. The summed E-state index contributed by atoms with van der Waals surface area (Å²) in [6.45, 7) is 17.0. The third-order valence-corrected chi connectivity index (χ3v) is 10.6. The highest BCUT2D eigenvalue weighted by atomic mass is 16.5. The highest BCUT2D eigenvalue weighted by molar-refractivity contribution is 5.89. The Morgan fingerprint density at radius 3 is 0.696 bits per heavy atom. The number of ether oxygens (including phenoxy) is 4. The molecule has 6 aromatic rings. The maximum Gasteiger partial charge on any atom is 0.119 e. The highest BCUT2D eigenvalue weighted by Crippen LogP contribution is 2.42. The van der Waals surface area contributed by atoms with Crippen LogP contribution in [0.1, 0.15) is 55.6 Å². The number of benzene rings is 6. The minimum absolute atomic E-state index is 0.833. The van der Waals surface area contributed by atoms with E-state index in [-0.39, 0.29) is 0 Å². The van der Waals surface area contributed by atoms with Gasteiger partial charge in [0.1, 0.15) is 23.0 Å². The lowest BCUT2D eigenvalue weighted by atomic mass is 9.85. The van der Waals surface area contributed by atoms with Crippen LogP contribution < -0.4 is 18.9 Å². The molecule has 0 atom stereocenters. The van der Waals surface area contributed by atoms with Gasteiger partial charge < -0.3 is 18.9 Å². The maximum absolute atomic E-state index is 5.63. The van der Waals surface area contributed by atoms with E-state index in [4.69, 9.17) is 18.9 Å². The molecule has 0 heterocycles. The van der Waals surface area contributed by atoms with Gasteiger partial charge in [-0.05, 0) is 205 Å². The van der Waals surface area contributed by atoms with Crippen molar-refractivity contribution in [1.29, 1.82) is 0 Å². The molecule has 4 nitrogen and oxygen atoms in total. The van der Waals surface area contributed by atoms with Crippen molar-refractivity contribution in [3.8, 4) is 91.2 Å². The molecule has 0 saturated carbocycles. The predicted octanol–water partition coefficient (Wildman–Crippen LogP) is 12.3. The fraction of sp³-hybridized carbons (Fsp3) is 0.231. The van der Waals surface area contributed by atoms with E-state index in [9.17, 15) is 0 Å². The second kappa shape index (κ2) is 16.6. The van der Waals surface area contributed by atoms with Gasteiger partial charge in [0.2, 0.25) is 0 Å². The molecule has 6 aromatic carbocycles. The summed E-state index contributed by atoms with van der Waals surface area (Å²) in [7, 11) is 6.82. The van der Waals surface area contributed by atoms with Crippen LogP contribution in [-0.2, 0) is 0 Å². The van der Waals surface area contributed by atoms with Crippen molar-refractivity contribution in [2.75, 3.05) is 28.4 Å². The molecule has 0 aliphatic rings. The fourth-order valence-electron chi connectivity index (χ4n) is 8.26. The van der Waals surface area contributed by atoms with E-state index in [2.05, 4.69) is 164 Å². The minimum Gasteiger partial charge on any atom is -0.497 e. The zero-order valence-corrected chi connectivity index (χ0v) is 34.7. The molecule has 0 saturated heterocycles. The first-order chi connectivity index (χ1) is 26.9. The lowest BCUT2D eigenvalue weighted by Gasteiger charge is -2.19. The van der Waals surface area contributed by atoms with Crippen LogP contribution in [-0.4, -0.2) is 28.4 Å². The van der Waals surface area contributed by atoms with Crippen LogP contribution in [0.3, 0.4) is 0 Å². The molecule has 4 heteroatoms. The van der Waals surface area contributed by atoms with Gasteiger partial charge in [-0.2, -0.15) is 0 Å². The highest BCUT2D eigenvalue weighted by Gasteiger charge is 2.20. The Balaban J connectivity index is 1.63. The molecular formula is C52H50O4. The van der Waals surface area contributed by atoms with E-state index in [1.54, 1.807) is 28.4 Å². The molecule has 0 unspecified atom stereocenters. The first kappa shape index (κ1) is 39.3. The summed E-state index contributed by atoms with van der Waals surface area (Å²) >= 11 is 0. The SMILES string of the molecule is COc1cc(C)c(-c2cccc(-c3c(C)cc(OC)cc3C)c2C#CC#Cc2c(-c3c(C)cc(OC)cc3C)cccc2-c2c(C)cc(OC)cc2C)c(C)c1. The van der Waals surface area contributed by atoms with Gasteiger partial charge in [-0.1, -0.05) is 48.2 Å². The van der Waals surface area contributed by atoms with Crippen LogP contribution in [0.4, 0.5) is 0 Å². The quantitative estimate of drug-likeness (QED) is 0.146. The molecular weight excluding hydrogens is 689 g/mol. The number of hydrogen-bond acceptors (Lipinski definition) is 4. The monoisotopic (exact) mass is 738 g/mol. The standard InChI is InChI=1S/C52H50O4/c1-31-23-39(53-9)24-32(2)49(31)45-19-15-20-46(50-33(3)25-40(54-10)26-34(50)4)43(45)17-13-14-18-44-47(51-35(5)27-41(55-11)28-36(51)6)21-16-22-48(44)52-37(7)29-42(56-12)30-38(52)8/h15-16,19-30H,1-12H3. The smallest absolute Gasteiger partial charge is 0.119 e. The Morgan fingerprint density at radius 1 is 0.321 bits per heavy atom. The van der Waals surface area contributed by atoms with Crippen molar-refractivity contribution in [3.05, 3.63) is 141 Å². The second-order valence-corrected chi connectivity index (χ2v) is 14.5. The zero-order valence-electron chi connectivity index (χ0n) is 34.7. The van der Waals surface area contributed by atoms with Gasteiger partial charge in [-0.25, -0.2) is 0 Å². The number of hydrogen-bond donors (Lipinski definition) is 0. The van der Waals surface area contributed by atoms with Crippen molar-refractivity contribution in [2.24, 2.45) is 0 Å². The van der Waals surface area contributed by atoms with Crippen molar-refractivity contribution >= 4 is 0 Å². The summed E-state index contributed by atoms with van der Waals surface area (Å²) in [5.41, 5.74) is 19.5. The van der Waals surface area contributed by atoms with E-state index in [0.29, 0.717) is 0 Å². The Labute approximate surface area is 333 Å². The van der Waals surface area contributed by atoms with Crippen LogP contribution in [0.5, 0.6) is 23.0 Å². The van der Waals surface area contributed by atoms with Crippen LogP contribution >= 0.6 is 0 Å². The van der Waals surface area contributed by atoms with Gasteiger partial charge in [0.25, 0.3) is 0 Å². The van der Waals surface area contributed by atoms with Gasteiger partial charge >= 0.3 is 0 Å². The third kappa shape index (κ3) is 7.62. The first-order valence-electron chi connectivity index (χ1n) is 18.8. The first-order valence-corrected chi connectivity index (χ1v) is 18.8. The second-order valence-electron chi connectivity index (χ2n) is 14.5. The fourth-order valence-corrected chi connectivity index (χ4v) is 8.26. The minimum atomic E-state index is 0.833. The van der Waals surface area contributed by atoms with Crippen LogP contribution in [0.25, 0.3) is 44.5 Å². The summed E-state index contributed by atoms with van der Waals surface area (Å²) in [4.78, 5) is 0. The average molecular weight is 739 g/mol. The van der Waals surface area contributed by atoms with Crippen molar-refractivity contribution < 1.29 is 18.9 Å². The van der Waals surface area contributed by atoms with Crippen LogP contribution in [0, 0.1) is 79.1 Å². The molecule has 282 valence electrons. The van der Waals surface area contributed by atoms with Gasteiger partial charge in [0, 0.05) is 11.1 Å². The molecule has 0 aliphatic heterocycles. The molecule has 0 fully saturated rings. The third-order valence-electron chi connectivity index (χ3n) is 10.6. The Bertz CT molecular complexity index is 2190. The molecule has 0 spiro atoms. The molecule has 0 amide bonds. The Morgan fingerprint density at radius 2 is 0.518 bits per heavy atom. The van der Waals surface area contributed by atoms with Gasteiger partial charge in [-0.15, -0.1) is 0 Å². The summed E-state index contributed by atoms with van der Waals surface area (Å²) < 4.78 is 22.5. The largest absolute Gasteiger partial charge is 0.497 e. The van der Waals surface area contributed by atoms with Crippen LogP contribution in [0.15, 0.2) is 84.9 Å². The average Bonchev–Trinajstić information content (AvgIpc) is 3.16. The topological polar surface area (TPSA) is 36.9 Å². The maximum atomic E-state index is 5.63. The molecule has 6 rings (SSSR count). The normalized spacial score (nSPS) is 10.6. The van der Waals surface area contributed by atoms with E-state index in [0.717, 1.165) is 123 Å². The van der Waals surface area contributed by atoms with E-state index >= 15 is 0 Å². The van der Waals surface area contributed by atoms with E-state index in [1.807, 2.05) is 0 Å². The lowest BCUT2D eigenvalue weighted by molar-refractivity contribution is 0.414. The summed E-state index contributed by atoms with van der Waals surface area (Å²) in [5.74, 6) is 17.2.